The molecule has 0 aliphatic heterocycles. The van der Waals surface area contributed by atoms with Gasteiger partial charge in [0.2, 0.25) is 0 Å². The number of hydrogen-bond acceptors (Lipinski definition) is 5. The van der Waals surface area contributed by atoms with Crippen molar-refractivity contribution in [2.75, 3.05) is 13.7 Å². The molecule has 0 heterocycles. The van der Waals surface area contributed by atoms with Gasteiger partial charge in [0.05, 0.1) is 6.07 Å². The Bertz CT molecular complexity index is 697. The van der Waals surface area contributed by atoms with Crippen LogP contribution in [0.1, 0.15) is 42.5 Å². The summed E-state index contributed by atoms with van der Waals surface area (Å²) in [7, 11) is 1.51. The van der Waals surface area contributed by atoms with Crippen LogP contribution in [-0.2, 0) is 9.53 Å². The Hall–Kier alpha value is -2.69. The van der Waals surface area contributed by atoms with Gasteiger partial charge in [-0.15, -0.1) is 0 Å². The fourth-order valence-corrected chi connectivity index (χ4v) is 3.03. The number of halogens is 2. The van der Waals surface area contributed by atoms with Crippen molar-refractivity contribution in [3.8, 4) is 11.8 Å². The average Bonchev–Trinajstić information content (AvgIpc) is 2.65. The molecule has 1 amide bonds. The molecule has 1 aliphatic carbocycles. The summed E-state index contributed by atoms with van der Waals surface area (Å²) in [4.78, 5) is 25.8. The molecular weight excluding hydrogens is 346 g/mol. The van der Waals surface area contributed by atoms with Crippen LogP contribution in [0.2, 0.25) is 0 Å². The summed E-state index contributed by atoms with van der Waals surface area (Å²) < 4.78 is 34.0. The number of carbonyl (C=O) groups is 2. The first kappa shape index (κ1) is 19.6. The second kappa shape index (κ2) is 8.61. The minimum atomic E-state index is -3.08. The lowest BCUT2D eigenvalue weighted by molar-refractivity contribution is -0.138. The number of ether oxygens (including phenoxy) is 2. The molecule has 6 nitrogen and oxygen atoms in total. The number of hydrogen-bond donors (Lipinski definition) is 0. The number of para-hydroxylation sites is 1. The highest BCUT2D eigenvalue weighted by molar-refractivity contribution is 5.94. The zero-order valence-electron chi connectivity index (χ0n) is 14.4. The zero-order chi connectivity index (χ0) is 19.2. The van der Waals surface area contributed by atoms with E-state index in [-0.39, 0.29) is 11.3 Å². The van der Waals surface area contributed by atoms with Crippen LogP contribution in [0.4, 0.5) is 8.78 Å². The molecular formula is C18H20F2N2O4. The van der Waals surface area contributed by atoms with E-state index >= 15 is 0 Å². The van der Waals surface area contributed by atoms with Crippen LogP contribution in [-0.4, -0.2) is 42.6 Å². The molecule has 26 heavy (non-hydrogen) atoms. The summed E-state index contributed by atoms with van der Waals surface area (Å²) in [6, 6.07) is 7.60. The molecule has 0 saturated heterocycles. The van der Waals surface area contributed by atoms with Crippen molar-refractivity contribution < 1.29 is 27.8 Å². The quantitative estimate of drug-likeness (QED) is 0.723. The number of benzene rings is 1. The SMILES string of the molecule is CN(C(=O)COC(=O)c1ccccc1OC(F)F)C1(C#N)CCCCC1. The fourth-order valence-electron chi connectivity index (χ4n) is 3.03. The summed E-state index contributed by atoms with van der Waals surface area (Å²) in [6.45, 7) is -3.67. The number of carbonyl (C=O) groups excluding carboxylic acids is 2. The van der Waals surface area contributed by atoms with Gasteiger partial charge in [0.1, 0.15) is 16.9 Å². The largest absolute Gasteiger partial charge is 0.452 e. The molecule has 1 aromatic carbocycles. The maximum absolute atomic E-state index is 12.4. The third-order valence-electron chi connectivity index (χ3n) is 4.55. The average molecular weight is 366 g/mol. The molecule has 0 spiro atoms. The highest BCUT2D eigenvalue weighted by Crippen LogP contribution is 2.32. The lowest BCUT2D eigenvalue weighted by Gasteiger charge is -2.38. The van der Waals surface area contributed by atoms with E-state index in [2.05, 4.69) is 10.8 Å². The maximum atomic E-state index is 12.4. The first-order valence-electron chi connectivity index (χ1n) is 8.28. The van der Waals surface area contributed by atoms with Crippen molar-refractivity contribution in [2.45, 2.75) is 44.3 Å². The van der Waals surface area contributed by atoms with Crippen LogP contribution < -0.4 is 4.74 Å². The Labute approximate surface area is 150 Å². The second-order valence-electron chi connectivity index (χ2n) is 6.11. The third kappa shape index (κ3) is 4.48. The molecule has 1 aromatic rings. The van der Waals surface area contributed by atoms with Crippen LogP contribution in [0, 0.1) is 11.3 Å². The summed E-state index contributed by atoms with van der Waals surface area (Å²) in [6.07, 6.45) is 3.86. The van der Waals surface area contributed by atoms with Crippen LogP contribution >= 0.6 is 0 Å². The van der Waals surface area contributed by atoms with E-state index in [0.29, 0.717) is 12.8 Å². The standard InChI is InChI=1S/C18H20F2N2O4/c1-22(18(12-21)9-5-2-6-10-18)15(23)11-25-16(24)13-7-3-4-8-14(13)26-17(19)20/h3-4,7-8,17H,2,5-6,9-11H2,1H3. The monoisotopic (exact) mass is 366 g/mol. The van der Waals surface area contributed by atoms with Gasteiger partial charge in [-0.2, -0.15) is 14.0 Å². The topological polar surface area (TPSA) is 79.6 Å². The van der Waals surface area contributed by atoms with Crippen LogP contribution in [0.25, 0.3) is 0 Å². The third-order valence-corrected chi connectivity index (χ3v) is 4.55. The van der Waals surface area contributed by atoms with E-state index in [0.717, 1.165) is 19.3 Å². The molecule has 0 unspecified atom stereocenters. The van der Waals surface area contributed by atoms with Gasteiger partial charge >= 0.3 is 12.6 Å². The molecule has 1 aliphatic rings. The molecule has 1 fully saturated rings. The first-order valence-corrected chi connectivity index (χ1v) is 8.28. The number of nitrogens with zero attached hydrogens (tertiary/aromatic N) is 2. The van der Waals surface area contributed by atoms with Crippen molar-refractivity contribution in [1.82, 2.24) is 4.90 Å². The molecule has 0 aromatic heterocycles. The lowest BCUT2D eigenvalue weighted by Crippen LogP contribution is -2.51. The summed E-state index contributed by atoms with van der Waals surface area (Å²) in [5.41, 5.74) is -1.09. The number of rotatable bonds is 6. The number of amides is 1. The Morgan fingerprint density at radius 1 is 1.27 bits per heavy atom. The van der Waals surface area contributed by atoms with Crippen molar-refractivity contribution in [3.05, 3.63) is 29.8 Å². The predicted octanol–water partition coefficient (Wildman–Crippen LogP) is 3.13. The van der Waals surface area contributed by atoms with E-state index in [1.165, 1.54) is 36.2 Å². The minimum absolute atomic E-state index is 0.198. The van der Waals surface area contributed by atoms with Crippen molar-refractivity contribution >= 4 is 11.9 Å². The van der Waals surface area contributed by atoms with Gasteiger partial charge < -0.3 is 14.4 Å². The fraction of sp³-hybridized carbons (Fsp3) is 0.500. The molecule has 8 heteroatoms. The van der Waals surface area contributed by atoms with Crippen molar-refractivity contribution in [2.24, 2.45) is 0 Å². The number of likely N-dealkylation sites (N-methyl/N-ethyl adjacent to an activating group) is 1. The van der Waals surface area contributed by atoms with Crippen LogP contribution in [0.5, 0.6) is 5.75 Å². The molecule has 0 N–H and O–H groups in total. The minimum Gasteiger partial charge on any atom is -0.452 e. The maximum Gasteiger partial charge on any atom is 0.387 e. The molecule has 0 atom stereocenters. The van der Waals surface area contributed by atoms with Gasteiger partial charge in [0, 0.05) is 7.05 Å². The van der Waals surface area contributed by atoms with Crippen LogP contribution in [0.15, 0.2) is 24.3 Å². The van der Waals surface area contributed by atoms with E-state index in [9.17, 15) is 23.6 Å². The van der Waals surface area contributed by atoms with Gasteiger partial charge in [-0.05, 0) is 25.0 Å². The summed E-state index contributed by atoms with van der Waals surface area (Å²) in [5.74, 6) is -1.79. The number of nitriles is 1. The molecule has 0 radical (unpaired) electrons. The number of esters is 1. The van der Waals surface area contributed by atoms with Gasteiger partial charge in [-0.3, -0.25) is 4.79 Å². The normalized spacial score (nSPS) is 15.8. The summed E-state index contributed by atoms with van der Waals surface area (Å²) in [5, 5.41) is 9.50. The molecule has 140 valence electrons. The van der Waals surface area contributed by atoms with Crippen molar-refractivity contribution in [1.29, 1.82) is 5.26 Å². The predicted molar refractivity (Wildman–Crippen MR) is 87.6 cm³/mol. The van der Waals surface area contributed by atoms with Gasteiger partial charge in [-0.1, -0.05) is 31.4 Å². The van der Waals surface area contributed by atoms with E-state index in [1.54, 1.807) is 0 Å². The first-order chi connectivity index (χ1) is 12.4. The second-order valence-corrected chi connectivity index (χ2v) is 6.11. The Kier molecular flexibility index (Phi) is 6.50. The van der Waals surface area contributed by atoms with Crippen molar-refractivity contribution in [3.63, 3.8) is 0 Å². The molecule has 1 saturated carbocycles. The van der Waals surface area contributed by atoms with Gasteiger partial charge in [0.15, 0.2) is 6.61 Å². The van der Waals surface area contributed by atoms with Crippen LogP contribution in [0.3, 0.4) is 0 Å². The van der Waals surface area contributed by atoms with Gasteiger partial charge in [-0.25, -0.2) is 4.79 Å². The lowest BCUT2D eigenvalue weighted by atomic mass is 9.81. The smallest absolute Gasteiger partial charge is 0.387 e. The Balaban J connectivity index is 2.01. The highest BCUT2D eigenvalue weighted by Gasteiger charge is 2.39. The van der Waals surface area contributed by atoms with E-state index < -0.39 is 30.6 Å². The molecule has 2 rings (SSSR count). The molecule has 0 bridgehead atoms. The van der Waals surface area contributed by atoms with E-state index in [4.69, 9.17) is 4.74 Å². The highest BCUT2D eigenvalue weighted by atomic mass is 19.3. The zero-order valence-corrected chi connectivity index (χ0v) is 14.4. The Morgan fingerprint density at radius 2 is 1.92 bits per heavy atom. The Morgan fingerprint density at radius 3 is 2.54 bits per heavy atom. The summed E-state index contributed by atoms with van der Waals surface area (Å²) >= 11 is 0. The number of alkyl halides is 2. The van der Waals surface area contributed by atoms with Gasteiger partial charge in [0.25, 0.3) is 5.91 Å². The van der Waals surface area contributed by atoms with E-state index in [1.807, 2.05) is 0 Å².